The molecule has 1 saturated heterocycles. The van der Waals surface area contributed by atoms with Crippen molar-refractivity contribution in [3.8, 4) is 0 Å². The summed E-state index contributed by atoms with van der Waals surface area (Å²) in [5.41, 5.74) is 4.10. The zero-order chi connectivity index (χ0) is 15.1. The molecular formula is C13H17ClN2O3S. The molecule has 0 saturated carbocycles. The van der Waals surface area contributed by atoms with E-state index in [9.17, 15) is 9.59 Å². The Hall–Kier alpha value is -1.27. The zero-order valence-electron chi connectivity index (χ0n) is 11.6. The Morgan fingerprint density at radius 1 is 1.55 bits per heavy atom. The van der Waals surface area contributed by atoms with Gasteiger partial charge in [0.25, 0.3) is 5.91 Å². The zero-order valence-corrected chi connectivity index (χ0v) is 13.2. The number of rotatable bonds is 2. The number of ether oxygens (including phenoxy) is 1. The van der Waals surface area contributed by atoms with Crippen LogP contribution in [-0.4, -0.2) is 24.1 Å². The van der Waals surface area contributed by atoms with Crippen molar-refractivity contribution in [2.45, 2.75) is 32.8 Å². The molecule has 1 fully saturated rings. The second-order valence-electron chi connectivity index (χ2n) is 5.81. The van der Waals surface area contributed by atoms with Crippen LogP contribution in [0.15, 0.2) is 11.4 Å². The first-order valence-corrected chi connectivity index (χ1v) is 7.47. The highest BCUT2D eigenvalue weighted by molar-refractivity contribution is 7.14. The summed E-state index contributed by atoms with van der Waals surface area (Å²) in [4.78, 5) is 25.6. The number of primary amides is 1. The van der Waals surface area contributed by atoms with E-state index >= 15 is 0 Å². The number of carbonyl (C=O) groups is 2. The maximum Gasteiger partial charge on any atom is 0.405 e. The van der Waals surface area contributed by atoms with Crippen LogP contribution in [-0.2, 0) is 9.53 Å². The molecule has 0 bridgehead atoms. The van der Waals surface area contributed by atoms with Gasteiger partial charge in [-0.25, -0.2) is 4.79 Å². The highest BCUT2D eigenvalue weighted by Gasteiger charge is 2.57. The molecule has 1 atom stereocenters. The first-order valence-electron chi connectivity index (χ1n) is 6.22. The molecule has 2 rings (SSSR count). The van der Waals surface area contributed by atoms with E-state index in [2.05, 4.69) is 0 Å². The molecular weight excluding hydrogens is 300 g/mol. The highest BCUT2D eigenvalue weighted by Crippen LogP contribution is 2.44. The fraction of sp³-hybridized carbons (Fsp3) is 0.538. The summed E-state index contributed by atoms with van der Waals surface area (Å²) in [6.45, 7) is 6.05. The molecule has 1 aromatic heterocycles. The molecule has 2 N–H and O–H groups in total. The molecule has 0 aliphatic carbocycles. The second-order valence-corrected chi connectivity index (χ2v) is 7.36. The standard InChI is InChI=1S/C13H17ClN2O3S/c1-12(2,3)13(19-11(15)18)4-5-16(10(13)17)8-6-9(14)20-7-8/h6-7H,4-5H2,1-3H3,(H2,15,18). The Morgan fingerprint density at radius 2 is 2.20 bits per heavy atom. The predicted octanol–water partition coefficient (Wildman–Crippen LogP) is 3.02. The van der Waals surface area contributed by atoms with Crippen molar-refractivity contribution >= 4 is 40.6 Å². The van der Waals surface area contributed by atoms with E-state index < -0.39 is 17.1 Å². The Balaban J connectivity index is 2.37. The molecule has 0 radical (unpaired) electrons. The third kappa shape index (κ3) is 2.38. The molecule has 7 heteroatoms. The molecule has 1 unspecified atom stereocenters. The van der Waals surface area contributed by atoms with Crippen LogP contribution in [0.2, 0.25) is 4.34 Å². The number of carbonyl (C=O) groups excluding carboxylic acids is 2. The van der Waals surface area contributed by atoms with Crippen LogP contribution in [0.25, 0.3) is 0 Å². The van der Waals surface area contributed by atoms with Crippen LogP contribution in [0.4, 0.5) is 10.5 Å². The van der Waals surface area contributed by atoms with Crippen LogP contribution >= 0.6 is 22.9 Å². The van der Waals surface area contributed by atoms with Gasteiger partial charge in [-0.3, -0.25) is 4.79 Å². The average Bonchev–Trinajstić information content (AvgIpc) is 2.84. The van der Waals surface area contributed by atoms with E-state index in [4.69, 9.17) is 22.1 Å². The fourth-order valence-corrected chi connectivity index (χ4v) is 3.36. The molecule has 20 heavy (non-hydrogen) atoms. The van der Waals surface area contributed by atoms with E-state index in [1.165, 1.54) is 11.3 Å². The van der Waals surface area contributed by atoms with Crippen LogP contribution in [0.3, 0.4) is 0 Å². The topological polar surface area (TPSA) is 72.6 Å². The van der Waals surface area contributed by atoms with E-state index in [0.29, 0.717) is 17.3 Å². The molecule has 0 spiro atoms. The van der Waals surface area contributed by atoms with Crippen LogP contribution in [0, 0.1) is 5.41 Å². The minimum Gasteiger partial charge on any atom is -0.432 e. The third-order valence-corrected chi connectivity index (χ3v) is 4.71. The van der Waals surface area contributed by atoms with E-state index in [-0.39, 0.29) is 5.91 Å². The van der Waals surface area contributed by atoms with Gasteiger partial charge in [0.2, 0.25) is 0 Å². The quantitative estimate of drug-likeness (QED) is 0.911. The summed E-state index contributed by atoms with van der Waals surface area (Å²) in [6.07, 6.45) is -0.523. The molecule has 1 aliphatic heterocycles. The van der Waals surface area contributed by atoms with Gasteiger partial charge in [-0.2, -0.15) is 0 Å². The number of hydrogen-bond donors (Lipinski definition) is 1. The third-order valence-electron chi connectivity index (χ3n) is 3.63. The Kier molecular flexibility index (Phi) is 3.73. The predicted molar refractivity (Wildman–Crippen MR) is 79.2 cm³/mol. The maximum atomic E-state index is 12.8. The van der Waals surface area contributed by atoms with Gasteiger partial charge in [0.15, 0.2) is 5.60 Å². The number of amides is 2. The first kappa shape index (κ1) is 15.1. The van der Waals surface area contributed by atoms with Gasteiger partial charge in [-0.15, -0.1) is 11.3 Å². The average molecular weight is 317 g/mol. The minimum atomic E-state index is -1.23. The first-order chi connectivity index (χ1) is 9.17. The molecule has 2 heterocycles. The second kappa shape index (κ2) is 4.93. The smallest absolute Gasteiger partial charge is 0.405 e. The van der Waals surface area contributed by atoms with E-state index in [0.717, 1.165) is 5.69 Å². The number of hydrogen-bond acceptors (Lipinski definition) is 4. The maximum absolute atomic E-state index is 12.8. The summed E-state index contributed by atoms with van der Waals surface area (Å²) < 4.78 is 5.86. The lowest BCUT2D eigenvalue weighted by Gasteiger charge is -2.38. The van der Waals surface area contributed by atoms with Crippen LogP contribution in [0.5, 0.6) is 0 Å². The van der Waals surface area contributed by atoms with Gasteiger partial charge >= 0.3 is 6.09 Å². The lowest BCUT2D eigenvalue weighted by Crippen LogP contribution is -2.54. The monoisotopic (exact) mass is 316 g/mol. The van der Waals surface area contributed by atoms with Crippen LogP contribution in [0.1, 0.15) is 27.2 Å². The van der Waals surface area contributed by atoms with Crippen molar-refractivity contribution in [2.75, 3.05) is 11.4 Å². The number of nitrogens with zero attached hydrogens (tertiary/aromatic N) is 1. The van der Waals surface area contributed by atoms with Gasteiger partial charge in [-0.05, 0) is 6.07 Å². The normalized spacial score (nSPS) is 23.2. The van der Waals surface area contributed by atoms with Crippen molar-refractivity contribution in [3.63, 3.8) is 0 Å². The number of nitrogens with two attached hydrogens (primary N) is 1. The van der Waals surface area contributed by atoms with Gasteiger partial charge in [-0.1, -0.05) is 32.4 Å². The SMILES string of the molecule is CC(C)(C)C1(OC(N)=O)CCN(c2csc(Cl)c2)C1=O. The largest absolute Gasteiger partial charge is 0.432 e. The van der Waals surface area contributed by atoms with Gasteiger partial charge < -0.3 is 15.4 Å². The Bertz CT molecular complexity index is 552. The number of anilines is 1. The van der Waals surface area contributed by atoms with Crippen molar-refractivity contribution in [1.29, 1.82) is 0 Å². The highest BCUT2D eigenvalue weighted by atomic mass is 35.5. The Morgan fingerprint density at radius 3 is 2.65 bits per heavy atom. The van der Waals surface area contributed by atoms with Crippen molar-refractivity contribution in [2.24, 2.45) is 11.1 Å². The lowest BCUT2D eigenvalue weighted by atomic mass is 9.75. The molecule has 5 nitrogen and oxygen atoms in total. The van der Waals surface area contributed by atoms with Crippen molar-refractivity contribution in [3.05, 3.63) is 15.8 Å². The van der Waals surface area contributed by atoms with Gasteiger partial charge in [0.05, 0.1) is 10.0 Å². The fourth-order valence-electron chi connectivity index (χ4n) is 2.50. The van der Waals surface area contributed by atoms with Crippen molar-refractivity contribution < 1.29 is 14.3 Å². The molecule has 1 aromatic rings. The molecule has 0 aromatic carbocycles. The summed E-state index contributed by atoms with van der Waals surface area (Å²) in [5, 5.41) is 1.81. The van der Waals surface area contributed by atoms with E-state index in [1.54, 1.807) is 11.0 Å². The molecule has 2 amide bonds. The van der Waals surface area contributed by atoms with E-state index in [1.807, 2.05) is 26.2 Å². The van der Waals surface area contributed by atoms with Gasteiger partial charge in [0, 0.05) is 23.8 Å². The summed E-state index contributed by atoms with van der Waals surface area (Å²) >= 11 is 7.26. The van der Waals surface area contributed by atoms with Crippen molar-refractivity contribution in [1.82, 2.24) is 0 Å². The summed E-state index contributed by atoms with van der Waals surface area (Å²) in [5.74, 6) is -0.252. The van der Waals surface area contributed by atoms with Gasteiger partial charge in [0.1, 0.15) is 0 Å². The number of thiophene rings is 1. The lowest BCUT2D eigenvalue weighted by molar-refractivity contribution is -0.144. The number of halogens is 1. The van der Waals surface area contributed by atoms with Crippen LogP contribution < -0.4 is 10.6 Å². The minimum absolute atomic E-state index is 0.252. The molecule has 1 aliphatic rings. The molecule has 110 valence electrons. The Labute approximate surface area is 126 Å². The summed E-state index contributed by atoms with van der Waals surface area (Å²) in [6, 6.07) is 1.73. The summed E-state index contributed by atoms with van der Waals surface area (Å²) in [7, 11) is 0.